The van der Waals surface area contributed by atoms with E-state index in [1.165, 1.54) is 18.2 Å². The van der Waals surface area contributed by atoms with Gasteiger partial charge >= 0.3 is 0 Å². The standard InChI is InChI=1S/C23H23ClFN5O3/c24-16-3-1-2-15(12-16)19-14-21(29-28-19)23(32)26-17-4-5-18(25)20(13-17)27-22(31)6-7-30-8-10-33-11-9-30/h1-5,12-14H,6-11H2,(H,26,32)(H,27,31)(H,28,29). The van der Waals surface area contributed by atoms with Crippen LogP contribution in [0.3, 0.4) is 0 Å². The number of halogens is 2. The van der Waals surface area contributed by atoms with E-state index in [4.69, 9.17) is 16.3 Å². The van der Waals surface area contributed by atoms with Crippen LogP contribution in [0.4, 0.5) is 15.8 Å². The summed E-state index contributed by atoms with van der Waals surface area (Å²) < 4.78 is 19.5. The van der Waals surface area contributed by atoms with E-state index in [0.29, 0.717) is 36.2 Å². The van der Waals surface area contributed by atoms with Gasteiger partial charge in [0.2, 0.25) is 5.91 Å². The molecule has 1 saturated heterocycles. The van der Waals surface area contributed by atoms with Gasteiger partial charge in [-0.2, -0.15) is 5.10 Å². The van der Waals surface area contributed by atoms with Gasteiger partial charge in [-0.3, -0.25) is 19.6 Å². The van der Waals surface area contributed by atoms with Gasteiger partial charge in [0.25, 0.3) is 5.91 Å². The predicted octanol–water partition coefficient (Wildman–Crippen LogP) is 3.78. The molecular formula is C23H23ClFN5O3. The molecule has 10 heteroatoms. The number of H-pyrrole nitrogens is 1. The number of aromatic nitrogens is 2. The molecule has 0 spiro atoms. The molecule has 1 aromatic heterocycles. The van der Waals surface area contributed by atoms with Crippen LogP contribution in [-0.4, -0.2) is 59.8 Å². The fraction of sp³-hybridized carbons (Fsp3) is 0.261. The highest BCUT2D eigenvalue weighted by Crippen LogP contribution is 2.23. The molecule has 4 rings (SSSR count). The highest BCUT2D eigenvalue weighted by Gasteiger charge is 2.15. The van der Waals surface area contributed by atoms with E-state index >= 15 is 0 Å². The van der Waals surface area contributed by atoms with Crippen molar-refractivity contribution in [3.8, 4) is 11.3 Å². The third kappa shape index (κ3) is 6.16. The number of hydrogen-bond acceptors (Lipinski definition) is 5. The van der Waals surface area contributed by atoms with E-state index in [1.807, 2.05) is 6.07 Å². The Bertz CT molecular complexity index is 1150. The zero-order valence-corrected chi connectivity index (χ0v) is 18.5. The lowest BCUT2D eigenvalue weighted by Crippen LogP contribution is -2.38. The Morgan fingerprint density at radius 3 is 2.73 bits per heavy atom. The van der Waals surface area contributed by atoms with Crippen molar-refractivity contribution in [2.24, 2.45) is 0 Å². The number of morpholine rings is 1. The molecular weight excluding hydrogens is 449 g/mol. The summed E-state index contributed by atoms with van der Waals surface area (Å²) in [4.78, 5) is 27.0. The Morgan fingerprint density at radius 1 is 1.12 bits per heavy atom. The molecule has 172 valence electrons. The van der Waals surface area contributed by atoms with E-state index in [-0.39, 0.29) is 23.7 Å². The normalized spacial score (nSPS) is 14.1. The van der Waals surface area contributed by atoms with Crippen molar-refractivity contribution in [3.63, 3.8) is 0 Å². The summed E-state index contributed by atoms with van der Waals surface area (Å²) in [5, 5.41) is 12.7. The summed E-state index contributed by atoms with van der Waals surface area (Å²) in [5.41, 5.74) is 1.90. The summed E-state index contributed by atoms with van der Waals surface area (Å²) in [5.74, 6) is -1.34. The quantitative estimate of drug-likeness (QED) is 0.487. The van der Waals surface area contributed by atoms with Crippen molar-refractivity contribution >= 4 is 34.8 Å². The fourth-order valence-electron chi connectivity index (χ4n) is 3.43. The number of anilines is 2. The van der Waals surface area contributed by atoms with Crippen molar-refractivity contribution in [2.75, 3.05) is 43.5 Å². The van der Waals surface area contributed by atoms with E-state index < -0.39 is 11.7 Å². The molecule has 0 radical (unpaired) electrons. The third-order valence-electron chi connectivity index (χ3n) is 5.20. The number of hydrogen-bond donors (Lipinski definition) is 3. The number of carbonyl (C=O) groups is 2. The van der Waals surface area contributed by atoms with Gasteiger partial charge < -0.3 is 15.4 Å². The van der Waals surface area contributed by atoms with Gasteiger partial charge in [-0.15, -0.1) is 0 Å². The van der Waals surface area contributed by atoms with E-state index in [9.17, 15) is 14.0 Å². The van der Waals surface area contributed by atoms with Crippen LogP contribution in [0.2, 0.25) is 5.02 Å². The van der Waals surface area contributed by atoms with Crippen LogP contribution in [0.25, 0.3) is 11.3 Å². The molecule has 8 nitrogen and oxygen atoms in total. The summed E-state index contributed by atoms with van der Waals surface area (Å²) >= 11 is 6.01. The largest absolute Gasteiger partial charge is 0.379 e. The van der Waals surface area contributed by atoms with Crippen molar-refractivity contribution in [2.45, 2.75) is 6.42 Å². The molecule has 3 aromatic rings. The van der Waals surface area contributed by atoms with E-state index in [2.05, 4.69) is 25.7 Å². The van der Waals surface area contributed by atoms with Crippen LogP contribution in [0.1, 0.15) is 16.9 Å². The van der Waals surface area contributed by atoms with E-state index in [1.54, 1.807) is 24.3 Å². The minimum Gasteiger partial charge on any atom is -0.379 e. The number of rotatable bonds is 7. The molecule has 1 fully saturated rings. The minimum absolute atomic E-state index is 0.00371. The van der Waals surface area contributed by atoms with Crippen LogP contribution in [0.5, 0.6) is 0 Å². The molecule has 0 atom stereocenters. The molecule has 2 aromatic carbocycles. The number of benzene rings is 2. The zero-order valence-electron chi connectivity index (χ0n) is 17.7. The number of aromatic amines is 1. The Balaban J connectivity index is 1.37. The molecule has 3 N–H and O–H groups in total. The number of nitrogens with one attached hydrogen (secondary N) is 3. The van der Waals surface area contributed by atoms with E-state index in [0.717, 1.165) is 18.7 Å². The van der Waals surface area contributed by atoms with Crippen LogP contribution >= 0.6 is 11.6 Å². The number of ether oxygens (including phenoxy) is 1. The first kappa shape index (κ1) is 22.9. The van der Waals surface area contributed by atoms with Crippen molar-refractivity contribution in [3.05, 3.63) is 65.1 Å². The van der Waals surface area contributed by atoms with Crippen LogP contribution in [0.15, 0.2) is 48.5 Å². The molecule has 33 heavy (non-hydrogen) atoms. The van der Waals surface area contributed by atoms with Gasteiger partial charge in [-0.25, -0.2) is 4.39 Å². The Hall–Kier alpha value is -3.27. The van der Waals surface area contributed by atoms with Crippen LogP contribution < -0.4 is 10.6 Å². The average Bonchev–Trinajstić information content (AvgIpc) is 3.31. The maximum Gasteiger partial charge on any atom is 0.273 e. The molecule has 2 amide bonds. The SMILES string of the molecule is O=C(CCN1CCOCC1)Nc1cc(NC(=O)c2cc(-c3cccc(Cl)c3)n[nH]2)ccc1F. The maximum absolute atomic E-state index is 14.2. The van der Waals surface area contributed by atoms with Gasteiger partial charge in [-0.1, -0.05) is 23.7 Å². The number of amides is 2. The smallest absolute Gasteiger partial charge is 0.273 e. The first-order valence-corrected chi connectivity index (χ1v) is 10.9. The van der Waals surface area contributed by atoms with Gasteiger partial charge in [0.05, 0.1) is 24.6 Å². The lowest BCUT2D eigenvalue weighted by Gasteiger charge is -2.26. The lowest BCUT2D eigenvalue weighted by molar-refractivity contribution is -0.116. The van der Waals surface area contributed by atoms with Crippen molar-refractivity contribution in [1.82, 2.24) is 15.1 Å². The van der Waals surface area contributed by atoms with Crippen molar-refractivity contribution in [1.29, 1.82) is 0 Å². The fourth-order valence-corrected chi connectivity index (χ4v) is 3.62. The second kappa shape index (κ2) is 10.6. The highest BCUT2D eigenvalue weighted by molar-refractivity contribution is 6.30. The summed E-state index contributed by atoms with van der Waals surface area (Å²) in [6.07, 6.45) is 0.233. The van der Waals surface area contributed by atoms with Crippen LogP contribution in [-0.2, 0) is 9.53 Å². The van der Waals surface area contributed by atoms with Gasteiger partial charge in [0.15, 0.2) is 0 Å². The topological polar surface area (TPSA) is 99.3 Å². The van der Waals surface area contributed by atoms with Gasteiger partial charge in [0.1, 0.15) is 11.5 Å². The Labute approximate surface area is 195 Å². The second-order valence-corrected chi connectivity index (χ2v) is 8.01. The molecule has 0 bridgehead atoms. The molecule has 2 heterocycles. The monoisotopic (exact) mass is 471 g/mol. The molecule has 1 aliphatic rings. The summed E-state index contributed by atoms with van der Waals surface area (Å²) in [6, 6.07) is 12.7. The molecule has 0 saturated carbocycles. The molecule has 0 unspecified atom stereocenters. The maximum atomic E-state index is 14.2. The predicted molar refractivity (Wildman–Crippen MR) is 124 cm³/mol. The number of carbonyl (C=O) groups excluding carboxylic acids is 2. The third-order valence-corrected chi connectivity index (χ3v) is 5.44. The Morgan fingerprint density at radius 2 is 1.94 bits per heavy atom. The van der Waals surface area contributed by atoms with Gasteiger partial charge in [-0.05, 0) is 36.4 Å². The summed E-state index contributed by atoms with van der Waals surface area (Å²) in [7, 11) is 0. The number of nitrogens with zero attached hydrogens (tertiary/aromatic N) is 2. The van der Waals surface area contributed by atoms with Crippen molar-refractivity contribution < 1.29 is 18.7 Å². The molecule has 0 aliphatic carbocycles. The zero-order chi connectivity index (χ0) is 23.2. The lowest BCUT2D eigenvalue weighted by atomic mass is 10.1. The summed E-state index contributed by atoms with van der Waals surface area (Å²) in [6.45, 7) is 3.41. The first-order chi connectivity index (χ1) is 16.0. The second-order valence-electron chi connectivity index (χ2n) is 7.58. The minimum atomic E-state index is -0.586. The molecule has 1 aliphatic heterocycles. The highest BCUT2D eigenvalue weighted by atomic mass is 35.5. The Kier molecular flexibility index (Phi) is 7.33. The van der Waals surface area contributed by atoms with Crippen LogP contribution in [0, 0.1) is 5.82 Å². The first-order valence-electron chi connectivity index (χ1n) is 10.5. The average molecular weight is 472 g/mol. The van der Waals surface area contributed by atoms with Gasteiger partial charge in [0, 0.05) is 42.3 Å².